The fourth-order valence-corrected chi connectivity index (χ4v) is 21.1. The molecule has 0 radical (unpaired) electrons. The van der Waals surface area contributed by atoms with Gasteiger partial charge in [-0.05, 0) is 281 Å². The molecule has 686 valence electrons. The van der Waals surface area contributed by atoms with Crippen LogP contribution in [0.15, 0.2) is 528 Å². The van der Waals surface area contributed by atoms with Crippen LogP contribution >= 0.6 is 0 Å². The second-order valence-corrected chi connectivity index (χ2v) is 36.8. The van der Waals surface area contributed by atoms with Crippen LogP contribution in [-0.4, -0.2) is 54.4 Å². The highest BCUT2D eigenvalue weighted by Gasteiger charge is 2.33. The third-order valence-electron chi connectivity index (χ3n) is 28.0. The molecule has 0 unspecified atom stereocenters. The average molecular weight is 1880 g/mol. The highest BCUT2D eigenvalue weighted by atomic mass is 15.1. The maximum absolute atomic E-state index is 5.13. The molecule has 8 aromatic heterocycles. The minimum absolute atomic E-state index is 0.657. The molecule has 27 aromatic rings. The van der Waals surface area contributed by atoms with Crippen LogP contribution in [0, 0.1) is 0 Å². The van der Waals surface area contributed by atoms with Gasteiger partial charge in [-0.15, -0.1) is 0 Å². The summed E-state index contributed by atoms with van der Waals surface area (Å²) in [4.78, 5) is 48.1. The summed E-state index contributed by atoms with van der Waals surface area (Å²) in [5.41, 5.74) is 35.4. The van der Waals surface area contributed by atoms with E-state index in [-0.39, 0.29) is 0 Å². The van der Waals surface area contributed by atoms with E-state index in [1.807, 2.05) is 140 Å². The fraction of sp³-hybridized carbons (Fsp3) is 0. The zero-order valence-electron chi connectivity index (χ0n) is 79.6. The van der Waals surface area contributed by atoms with Gasteiger partial charge in [-0.25, -0.2) is 24.9 Å². The molecule has 0 saturated heterocycles. The van der Waals surface area contributed by atoms with E-state index in [2.05, 4.69) is 396 Å². The molecule has 1 aliphatic carbocycles. The maximum atomic E-state index is 5.13. The normalized spacial score (nSPS) is 11.4. The zero-order chi connectivity index (χ0) is 97.5. The lowest BCUT2D eigenvalue weighted by Crippen LogP contribution is -2.00. The number of para-hydroxylation sites is 3. The lowest BCUT2D eigenvalue weighted by Gasteiger charge is -2.20. The topological polar surface area (TPSA) is 134 Å². The molecule has 8 heterocycles. The first-order valence-corrected chi connectivity index (χ1v) is 49.4. The summed E-state index contributed by atoms with van der Waals surface area (Å²) < 4.78 is 2.26. The third-order valence-corrected chi connectivity index (χ3v) is 28.0. The van der Waals surface area contributed by atoms with E-state index in [0.717, 1.165) is 123 Å². The van der Waals surface area contributed by atoms with Crippen LogP contribution in [0.4, 0.5) is 0 Å². The molecule has 147 heavy (non-hydrogen) atoms. The number of rotatable bonds is 16. The number of aromatic nitrogens is 11. The van der Waals surface area contributed by atoms with Gasteiger partial charge in [-0.2, -0.15) is 0 Å². The van der Waals surface area contributed by atoms with Gasteiger partial charge in [-0.1, -0.05) is 370 Å². The maximum Gasteiger partial charge on any atom is 0.164 e. The van der Waals surface area contributed by atoms with E-state index in [1.54, 1.807) is 12.4 Å². The molecule has 0 saturated carbocycles. The second-order valence-electron chi connectivity index (χ2n) is 36.8. The molecule has 0 N–H and O–H groups in total. The van der Waals surface area contributed by atoms with Gasteiger partial charge in [0, 0.05) is 75.6 Å². The van der Waals surface area contributed by atoms with Crippen molar-refractivity contribution in [2.45, 2.75) is 0 Å². The smallest absolute Gasteiger partial charge is 0.164 e. The molecule has 0 atom stereocenters. The molecular formula is C136H87N11. The van der Waals surface area contributed by atoms with Gasteiger partial charge in [-0.3, -0.25) is 29.5 Å². The summed E-state index contributed by atoms with van der Waals surface area (Å²) >= 11 is 0. The van der Waals surface area contributed by atoms with Crippen molar-refractivity contribution in [3.05, 3.63) is 528 Å². The van der Waals surface area contributed by atoms with E-state index in [1.165, 1.54) is 132 Å². The quantitative estimate of drug-likeness (QED) is 0.0861. The predicted octanol–water partition coefficient (Wildman–Crippen LogP) is 34.5. The number of hydrogen-bond donors (Lipinski definition) is 0. The molecule has 11 heteroatoms. The Hall–Kier alpha value is -19.9. The van der Waals surface area contributed by atoms with E-state index < -0.39 is 0 Å². The van der Waals surface area contributed by atoms with Gasteiger partial charge < -0.3 is 0 Å². The summed E-state index contributed by atoms with van der Waals surface area (Å²) in [6, 6.07) is 175. The molecule has 0 bridgehead atoms. The molecule has 19 aromatic carbocycles. The van der Waals surface area contributed by atoms with Gasteiger partial charge in [0.1, 0.15) is 5.82 Å². The van der Waals surface area contributed by atoms with Crippen molar-refractivity contribution < 1.29 is 0 Å². The second kappa shape index (κ2) is 38.3. The van der Waals surface area contributed by atoms with Crippen molar-refractivity contribution >= 4 is 75.7 Å². The van der Waals surface area contributed by atoms with Crippen molar-refractivity contribution in [1.82, 2.24) is 54.4 Å². The average Bonchev–Trinajstić information content (AvgIpc) is 1.56. The van der Waals surface area contributed by atoms with Crippen molar-refractivity contribution in [3.63, 3.8) is 0 Å². The van der Waals surface area contributed by atoms with Gasteiger partial charge >= 0.3 is 0 Å². The number of pyridine rings is 6. The van der Waals surface area contributed by atoms with Crippen molar-refractivity contribution in [1.29, 1.82) is 0 Å². The number of benzene rings is 19. The highest BCUT2D eigenvalue weighted by Crippen LogP contribution is 2.59. The summed E-state index contributed by atoms with van der Waals surface area (Å²) in [5.74, 6) is 2.91. The Kier molecular flexibility index (Phi) is 22.8. The lowest BCUT2D eigenvalue weighted by atomic mass is 9.82. The van der Waals surface area contributed by atoms with E-state index in [9.17, 15) is 0 Å². The number of fused-ring (bicyclic) bond motifs is 9. The molecule has 11 nitrogen and oxygen atoms in total. The Morgan fingerprint density at radius 1 is 0.163 bits per heavy atom. The largest absolute Gasteiger partial charge is 0.292 e. The van der Waals surface area contributed by atoms with Gasteiger partial charge in [0.25, 0.3) is 0 Å². The molecule has 0 spiro atoms. The van der Waals surface area contributed by atoms with Crippen LogP contribution in [0.25, 0.3) is 272 Å². The monoisotopic (exact) mass is 1870 g/mol. The number of imidazole rings is 1. The minimum Gasteiger partial charge on any atom is -0.292 e. The van der Waals surface area contributed by atoms with Crippen LogP contribution < -0.4 is 0 Å². The third kappa shape index (κ3) is 16.7. The summed E-state index contributed by atoms with van der Waals surface area (Å²) in [6.07, 6.45) is 9.16. The summed E-state index contributed by atoms with van der Waals surface area (Å²) in [6.45, 7) is 0. The van der Waals surface area contributed by atoms with Crippen molar-refractivity contribution in [2.75, 3.05) is 0 Å². The van der Waals surface area contributed by atoms with Crippen LogP contribution in [0.3, 0.4) is 0 Å². The summed E-state index contributed by atoms with van der Waals surface area (Å²) in [5, 5.41) is 14.8. The SMILES string of the molecule is c1ccc(-c2cc(-c3ccc(-c4ccccn4)nc3)cc(-c3ccc(-c4cccc(-c5ccccn5)n4)nc3)c2)nc1.c1ccc(-c2nc(-c3ccccc3)nc(-c3ccc4c5c(cccc35)-c3c-4c(-c4ccccc4)c4ccccc4c3-c3ccccc3)n2)cc1.c1ccc(-n2c(-c3ccc(-c4ccc5c(-c6ccc7ccccc7c6)c6ccccc6c(-c6ccc7ccccc7c6)c5c4)cc3)nc3ccccc32)cc1. The molecule has 0 amide bonds. The van der Waals surface area contributed by atoms with Crippen LogP contribution in [-0.2, 0) is 0 Å². The van der Waals surface area contributed by atoms with Crippen LogP contribution in [0.1, 0.15) is 0 Å². The molecule has 0 fully saturated rings. The first kappa shape index (κ1) is 87.4. The minimum atomic E-state index is 0.657. The fourth-order valence-electron chi connectivity index (χ4n) is 21.1. The number of nitrogens with zero attached hydrogens (tertiary/aromatic N) is 11. The van der Waals surface area contributed by atoms with Crippen LogP contribution in [0.2, 0.25) is 0 Å². The van der Waals surface area contributed by atoms with E-state index in [4.69, 9.17) is 34.9 Å². The van der Waals surface area contributed by atoms with E-state index in [0.29, 0.717) is 17.5 Å². The van der Waals surface area contributed by atoms with Gasteiger partial charge in [0.05, 0.1) is 50.9 Å². The Labute approximate surface area is 849 Å². The number of hydrogen-bond acceptors (Lipinski definition) is 10. The molecule has 1 aliphatic rings. The van der Waals surface area contributed by atoms with Crippen molar-refractivity contribution in [2.24, 2.45) is 0 Å². The highest BCUT2D eigenvalue weighted by molar-refractivity contribution is 6.29. The molecule has 28 rings (SSSR count). The first-order valence-electron chi connectivity index (χ1n) is 49.4. The van der Waals surface area contributed by atoms with Gasteiger partial charge in [0.2, 0.25) is 0 Å². The van der Waals surface area contributed by atoms with E-state index >= 15 is 0 Å². The lowest BCUT2D eigenvalue weighted by molar-refractivity contribution is 1.08. The Morgan fingerprint density at radius 2 is 0.551 bits per heavy atom. The first-order chi connectivity index (χ1) is 72.9. The standard InChI is InChI=1S/C53H34N2.C47H29N3.C36H24N6/c1-2-16-44(17-3-1)55-50-21-11-10-20-49(50)54-53(55)38-26-22-37(23-27-38)41-30-31-47-48(34-41)52(43-29-25-36-13-5-7-15-40(36)33-43)46-19-9-8-18-45(46)51(47)42-28-24-35-12-4-6-14-39(35)32-42;1-5-16-30(17-6-1)40-34-24-13-14-25-35(34)41(31-18-7-2-8-19-31)44-39-29-28-37(36-26-15-27-38(42(36)39)43(40)44)47-49-45(32-20-9-3-10-21-32)48-46(50-47)33-22-11-4-12-23-33;1-4-17-37-30(8-1)29-21-27(25-13-15-33(40-23-25)31-9-2-5-18-38-31)20-28(22-29)26-14-16-34(41-24-26)36-12-7-11-35(42-36)32-10-3-6-19-39-32/h1-34H;1-29H;1-24H. The predicted molar refractivity (Wildman–Crippen MR) is 605 cm³/mol. The Bertz CT molecular complexity index is 9510. The Balaban J connectivity index is 0.000000113. The van der Waals surface area contributed by atoms with Gasteiger partial charge in [0.15, 0.2) is 17.5 Å². The van der Waals surface area contributed by atoms with Crippen molar-refractivity contribution in [3.8, 4) is 197 Å². The summed E-state index contributed by atoms with van der Waals surface area (Å²) in [7, 11) is 0. The molecular weight excluding hydrogens is 1790 g/mol. The molecule has 0 aliphatic heterocycles. The van der Waals surface area contributed by atoms with Crippen LogP contribution in [0.5, 0.6) is 0 Å². The zero-order valence-corrected chi connectivity index (χ0v) is 79.6. The Morgan fingerprint density at radius 3 is 1.09 bits per heavy atom.